The number of hydrogen-bond donors (Lipinski definition) is 1. The molecule has 0 aliphatic heterocycles. The Bertz CT molecular complexity index is 768. The number of nitrogens with one attached hydrogen (secondary N) is 1. The highest BCUT2D eigenvalue weighted by Crippen LogP contribution is 2.20. The van der Waals surface area contributed by atoms with Crippen molar-refractivity contribution in [3.05, 3.63) is 45.9 Å². The third-order valence-corrected chi connectivity index (χ3v) is 3.54. The normalized spacial score (nSPS) is 11.2. The van der Waals surface area contributed by atoms with Gasteiger partial charge < -0.3 is 9.55 Å². The highest BCUT2D eigenvalue weighted by atomic mass is 35.5. The predicted molar refractivity (Wildman–Crippen MR) is 74.4 cm³/mol. The van der Waals surface area contributed by atoms with E-state index in [1.54, 1.807) is 6.20 Å². The fraction of sp³-hybridized carbons (Fsp3) is 0.167. The lowest BCUT2D eigenvalue weighted by Crippen LogP contribution is -2.05. The minimum absolute atomic E-state index is 0.688. The topological polar surface area (TPSA) is 38.5 Å². The predicted octanol–water partition coefficient (Wildman–Crippen LogP) is 3.13. The highest BCUT2D eigenvalue weighted by Gasteiger charge is 2.07. The maximum absolute atomic E-state index is 5.97. The van der Waals surface area contributed by atoms with Gasteiger partial charge in [-0.15, -0.1) is 0 Å². The molecule has 0 saturated carbocycles. The van der Waals surface area contributed by atoms with Gasteiger partial charge in [-0.25, -0.2) is 0 Å². The lowest BCUT2D eigenvalue weighted by molar-refractivity contribution is 0.671. The molecule has 0 atom stereocenters. The molecular formula is C12H11ClN4S. The summed E-state index contributed by atoms with van der Waals surface area (Å²) in [7, 11) is 1.92. The van der Waals surface area contributed by atoms with E-state index in [9.17, 15) is 0 Å². The third-order valence-electron chi connectivity index (χ3n) is 2.98. The van der Waals surface area contributed by atoms with Crippen LogP contribution in [0, 0.1) is 4.77 Å². The van der Waals surface area contributed by atoms with Crippen LogP contribution < -0.4 is 0 Å². The molecule has 0 spiro atoms. The van der Waals surface area contributed by atoms with Crippen LogP contribution in [-0.2, 0) is 13.6 Å². The number of rotatable bonds is 2. The summed E-state index contributed by atoms with van der Waals surface area (Å²) in [4.78, 5) is 3.16. The molecule has 3 rings (SSSR count). The number of fused-ring (bicyclic) bond motifs is 1. The summed E-state index contributed by atoms with van der Waals surface area (Å²) in [6, 6.07) is 7.70. The van der Waals surface area contributed by atoms with Gasteiger partial charge in [0.1, 0.15) is 0 Å². The lowest BCUT2D eigenvalue weighted by Gasteiger charge is -2.05. The van der Waals surface area contributed by atoms with E-state index >= 15 is 0 Å². The van der Waals surface area contributed by atoms with E-state index in [1.807, 2.05) is 40.6 Å². The van der Waals surface area contributed by atoms with Crippen LogP contribution in [0.15, 0.2) is 30.5 Å². The van der Waals surface area contributed by atoms with Crippen molar-refractivity contribution in [3.8, 4) is 0 Å². The van der Waals surface area contributed by atoms with Gasteiger partial charge in [-0.05, 0) is 36.5 Å². The van der Waals surface area contributed by atoms with Crippen LogP contribution >= 0.6 is 23.8 Å². The summed E-state index contributed by atoms with van der Waals surface area (Å²) in [5, 5.41) is 4.86. The van der Waals surface area contributed by atoms with Crippen LogP contribution in [0.5, 0.6) is 0 Å². The average Bonchev–Trinajstić information content (AvgIpc) is 2.85. The molecule has 1 aromatic carbocycles. The van der Waals surface area contributed by atoms with Crippen LogP contribution in [0.4, 0.5) is 0 Å². The fourth-order valence-electron chi connectivity index (χ4n) is 2.01. The highest BCUT2D eigenvalue weighted by molar-refractivity contribution is 7.71. The molecule has 2 aromatic heterocycles. The molecule has 0 unspecified atom stereocenters. The first kappa shape index (κ1) is 11.5. The molecule has 0 aliphatic rings. The summed E-state index contributed by atoms with van der Waals surface area (Å²) < 4.78 is 4.57. The Hall–Kier alpha value is -1.59. The van der Waals surface area contributed by atoms with Crippen LogP contribution in [0.2, 0.25) is 5.02 Å². The Kier molecular flexibility index (Phi) is 2.72. The number of halogens is 1. The first-order valence-corrected chi connectivity index (χ1v) is 6.29. The Morgan fingerprint density at radius 2 is 2.22 bits per heavy atom. The van der Waals surface area contributed by atoms with Crippen molar-refractivity contribution in [2.24, 2.45) is 7.05 Å². The van der Waals surface area contributed by atoms with Crippen molar-refractivity contribution in [2.75, 3.05) is 0 Å². The van der Waals surface area contributed by atoms with Crippen molar-refractivity contribution in [1.82, 2.24) is 19.3 Å². The molecule has 0 radical (unpaired) electrons. The second kappa shape index (κ2) is 4.26. The number of aryl methyl sites for hydroxylation is 1. The maximum atomic E-state index is 5.97. The van der Waals surface area contributed by atoms with Gasteiger partial charge in [-0.3, -0.25) is 4.68 Å². The van der Waals surface area contributed by atoms with E-state index in [2.05, 4.69) is 10.1 Å². The molecule has 4 nitrogen and oxygen atoms in total. The molecule has 3 aromatic rings. The minimum atomic E-state index is 0.688. The lowest BCUT2D eigenvalue weighted by atomic mass is 10.3. The van der Waals surface area contributed by atoms with E-state index in [1.165, 1.54) is 0 Å². The van der Waals surface area contributed by atoms with E-state index < -0.39 is 0 Å². The molecule has 0 bridgehead atoms. The Morgan fingerprint density at radius 3 is 2.94 bits per heavy atom. The second-order valence-electron chi connectivity index (χ2n) is 4.12. The van der Waals surface area contributed by atoms with Gasteiger partial charge in [-0.1, -0.05) is 11.6 Å². The molecule has 2 heterocycles. The Labute approximate surface area is 114 Å². The third kappa shape index (κ3) is 1.85. The van der Waals surface area contributed by atoms with Crippen LogP contribution in [-0.4, -0.2) is 19.3 Å². The molecule has 6 heteroatoms. The summed E-state index contributed by atoms with van der Waals surface area (Å²) in [6.07, 6.45) is 1.78. The fourth-order valence-corrected chi connectivity index (χ4v) is 2.46. The zero-order valence-corrected chi connectivity index (χ0v) is 11.3. The van der Waals surface area contributed by atoms with Gasteiger partial charge in [0.15, 0.2) is 4.77 Å². The maximum Gasteiger partial charge on any atom is 0.178 e. The number of aromatic nitrogens is 4. The standard InChI is InChI=1S/C12H11ClN4S/c1-16-9(4-5-14-16)7-17-11-3-2-8(13)6-10(11)15-12(17)18/h2-6H,7H2,1H3,(H,15,18). The minimum Gasteiger partial charge on any atom is -0.331 e. The number of imidazole rings is 1. The molecule has 0 aliphatic carbocycles. The zero-order valence-electron chi connectivity index (χ0n) is 9.72. The smallest absolute Gasteiger partial charge is 0.178 e. The SMILES string of the molecule is Cn1nccc1Cn1c(=S)[nH]c2cc(Cl)ccc21. The van der Waals surface area contributed by atoms with E-state index in [0.29, 0.717) is 16.3 Å². The van der Waals surface area contributed by atoms with Crippen LogP contribution in [0.25, 0.3) is 11.0 Å². The van der Waals surface area contributed by atoms with Crippen molar-refractivity contribution in [1.29, 1.82) is 0 Å². The van der Waals surface area contributed by atoms with Gasteiger partial charge in [0.05, 0.1) is 23.3 Å². The Morgan fingerprint density at radius 1 is 1.39 bits per heavy atom. The number of benzene rings is 1. The second-order valence-corrected chi connectivity index (χ2v) is 4.95. The molecule has 92 valence electrons. The number of nitrogens with zero attached hydrogens (tertiary/aromatic N) is 3. The largest absolute Gasteiger partial charge is 0.331 e. The molecule has 1 N–H and O–H groups in total. The van der Waals surface area contributed by atoms with Crippen molar-refractivity contribution in [3.63, 3.8) is 0 Å². The monoisotopic (exact) mass is 278 g/mol. The average molecular weight is 279 g/mol. The first-order chi connectivity index (χ1) is 8.65. The summed E-state index contributed by atoms with van der Waals surface area (Å²) in [6.45, 7) is 0.691. The van der Waals surface area contributed by atoms with Gasteiger partial charge in [-0.2, -0.15) is 5.10 Å². The quantitative estimate of drug-likeness (QED) is 0.732. The molecule has 0 saturated heterocycles. The molecule has 0 fully saturated rings. The van der Waals surface area contributed by atoms with E-state index in [0.717, 1.165) is 16.7 Å². The van der Waals surface area contributed by atoms with Gasteiger partial charge in [0.25, 0.3) is 0 Å². The van der Waals surface area contributed by atoms with E-state index in [4.69, 9.17) is 23.8 Å². The van der Waals surface area contributed by atoms with Gasteiger partial charge in [0, 0.05) is 18.3 Å². The van der Waals surface area contributed by atoms with E-state index in [-0.39, 0.29) is 0 Å². The molecule has 18 heavy (non-hydrogen) atoms. The van der Waals surface area contributed by atoms with Gasteiger partial charge >= 0.3 is 0 Å². The number of hydrogen-bond acceptors (Lipinski definition) is 2. The summed E-state index contributed by atoms with van der Waals surface area (Å²) in [5.74, 6) is 0. The van der Waals surface area contributed by atoms with Crippen LogP contribution in [0.3, 0.4) is 0 Å². The molecule has 0 amide bonds. The van der Waals surface area contributed by atoms with Crippen molar-refractivity contribution >= 4 is 34.9 Å². The number of H-pyrrole nitrogens is 1. The van der Waals surface area contributed by atoms with Crippen molar-refractivity contribution < 1.29 is 0 Å². The van der Waals surface area contributed by atoms with Crippen LogP contribution in [0.1, 0.15) is 5.69 Å². The molecular weight excluding hydrogens is 268 g/mol. The Balaban J connectivity index is 2.15. The zero-order chi connectivity index (χ0) is 12.7. The first-order valence-electron chi connectivity index (χ1n) is 5.50. The number of aromatic amines is 1. The summed E-state index contributed by atoms with van der Waals surface area (Å²) >= 11 is 11.3. The van der Waals surface area contributed by atoms with Gasteiger partial charge in [0.2, 0.25) is 0 Å². The summed E-state index contributed by atoms with van der Waals surface area (Å²) in [5.41, 5.74) is 3.10. The van der Waals surface area contributed by atoms with Crippen molar-refractivity contribution in [2.45, 2.75) is 6.54 Å².